The molecule has 0 radical (unpaired) electrons. The Balaban J connectivity index is 0.00000210. The van der Waals surface area contributed by atoms with Crippen LogP contribution in [0.25, 0.3) is 0 Å². The van der Waals surface area contributed by atoms with Crippen molar-refractivity contribution in [2.75, 3.05) is 25.2 Å². The van der Waals surface area contributed by atoms with Gasteiger partial charge in [0.2, 0.25) is 0 Å². The molecule has 4 rings (SSSR count). The summed E-state index contributed by atoms with van der Waals surface area (Å²) in [5.74, 6) is 3.36. The molecule has 3 fully saturated rings. The van der Waals surface area contributed by atoms with Gasteiger partial charge in [0.05, 0.1) is 4.58 Å². The average Bonchev–Trinajstić information content (AvgIpc) is 3.04. The minimum absolute atomic E-state index is 0. The third-order valence-corrected chi connectivity index (χ3v) is 8.75. The standard InChI is InChI=1S/C20H28N2O2S2.ClH/c1-22(17-11-15-5-6-16(12-17)21-15)19(23)13-24-18-7-3-14(4-8-18)20-25-9-2-10-26-20;/h3-4,7-8,15-17,20-21H,2,5-6,9-13H2,1H3;1H. The van der Waals surface area contributed by atoms with Crippen molar-refractivity contribution in [1.29, 1.82) is 0 Å². The third-order valence-electron chi connectivity index (χ3n) is 5.73. The summed E-state index contributed by atoms with van der Waals surface area (Å²) >= 11 is 4.04. The molecule has 0 saturated carbocycles. The van der Waals surface area contributed by atoms with Crippen molar-refractivity contribution in [1.82, 2.24) is 10.2 Å². The van der Waals surface area contributed by atoms with Crippen LogP contribution in [0.1, 0.15) is 42.2 Å². The Morgan fingerprint density at radius 2 is 1.78 bits per heavy atom. The molecule has 1 N–H and O–H groups in total. The maximum atomic E-state index is 12.5. The number of piperidine rings is 1. The number of amides is 1. The van der Waals surface area contributed by atoms with Gasteiger partial charge in [0, 0.05) is 25.2 Å². The van der Waals surface area contributed by atoms with Crippen molar-refractivity contribution in [2.45, 2.75) is 54.8 Å². The number of benzene rings is 1. The number of thioether (sulfide) groups is 2. The predicted molar refractivity (Wildman–Crippen MR) is 117 cm³/mol. The highest BCUT2D eigenvalue weighted by molar-refractivity contribution is 8.16. The van der Waals surface area contributed by atoms with Crippen molar-refractivity contribution in [3.05, 3.63) is 29.8 Å². The zero-order valence-electron chi connectivity index (χ0n) is 15.8. The quantitative estimate of drug-likeness (QED) is 0.764. The Morgan fingerprint density at radius 3 is 2.41 bits per heavy atom. The van der Waals surface area contributed by atoms with Crippen molar-refractivity contribution < 1.29 is 9.53 Å². The fraction of sp³-hybridized carbons (Fsp3) is 0.650. The van der Waals surface area contributed by atoms with Crippen LogP contribution in [0, 0.1) is 0 Å². The van der Waals surface area contributed by atoms with Gasteiger partial charge in [0.15, 0.2) is 6.61 Å². The highest BCUT2D eigenvalue weighted by Crippen LogP contribution is 2.43. The van der Waals surface area contributed by atoms with Gasteiger partial charge in [-0.2, -0.15) is 0 Å². The molecule has 3 heterocycles. The number of carbonyl (C=O) groups excluding carboxylic acids is 1. The SMILES string of the molecule is CN(C(=O)COc1ccc(C2SCCCS2)cc1)C1CC2CCC(C1)N2.Cl. The molecule has 150 valence electrons. The minimum Gasteiger partial charge on any atom is -0.484 e. The van der Waals surface area contributed by atoms with E-state index in [9.17, 15) is 4.79 Å². The molecule has 7 heteroatoms. The molecule has 2 unspecified atom stereocenters. The Morgan fingerprint density at radius 1 is 1.15 bits per heavy atom. The molecule has 0 aromatic heterocycles. The monoisotopic (exact) mass is 428 g/mol. The fourth-order valence-electron chi connectivity index (χ4n) is 4.20. The Hall–Kier alpha value is -0.560. The summed E-state index contributed by atoms with van der Waals surface area (Å²) in [7, 11) is 1.93. The number of halogens is 1. The maximum Gasteiger partial charge on any atom is 0.260 e. The summed E-state index contributed by atoms with van der Waals surface area (Å²) in [6, 6.07) is 9.84. The third kappa shape index (κ3) is 5.28. The Labute approximate surface area is 177 Å². The lowest BCUT2D eigenvalue weighted by molar-refractivity contribution is -0.134. The molecule has 1 amide bonds. The molecule has 0 aliphatic carbocycles. The summed E-state index contributed by atoms with van der Waals surface area (Å²) in [5, 5.41) is 3.63. The number of hydrogen-bond donors (Lipinski definition) is 1. The van der Waals surface area contributed by atoms with Crippen molar-refractivity contribution in [3.8, 4) is 5.75 Å². The van der Waals surface area contributed by atoms with Crippen LogP contribution in [0.5, 0.6) is 5.75 Å². The van der Waals surface area contributed by atoms with Gasteiger partial charge >= 0.3 is 0 Å². The number of nitrogens with one attached hydrogen (secondary N) is 1. The summed E-state index contributed by atoms with van der Waals surface area (Å²) in [6.07, 6.45) is 5.96. The van der Waals surface area contributed by atoms with E-state index in [2.05, 4.69) is 17.4 Å². The van der Waals surface area contributed by atoms with Crippen molar-refractivity contribution >= 4 is 41.8 Å². The first-order chi connectivity index (χ1) is 12.7. The van der Waals surface area contributed by atoms with E-state index in [1.165, 1.54) is 36.3 Å². The molecule has 27 heavy (non-hydrogen) atoms. The number of rotatable bonds is 5. The lowest BCUT2D eigenvalue weighted by Crippen LogP contribution is -2.49. The van der Waals surface area contributed by atoms with Crippen LogP contribution in [-0.2, 0) is 4.79 Å². The van der Waals surface area contributed by atoms with Crippen LogP contribution >= 0.6 is 35.9 Å². The first kappa shape index (κ1) is 21.2. The minimum atomic E-state index is 0. The second-order valence-electron chi connectivity index (χ2n) is 7.55. The second-order valence-corrected chi connectivity index (χ2v) is 10.3. The molecule has 1 aromatic rings. The molecule has 4 nitrogen and oxygen atoms in total. The van der Waals surface area contributed by atoms with Gasteiger partial charge in [-0.25, -0.2) is 0 Å². The molecular weight excluding hydrogens is 400 g/mol. The van der Waals surface area contributed by atoms with Crippen LogP contribution in [0.3, 0.4) is 0 Å². The molecule has 2 bridgehead atoms. The van der Waals surface area contributed by atoms with E-state index in [-0.39, 0.29) is 24.9 Å². The number of ether oxygens (including phenoxy) is 1. The van der Waals surface area contributed by atoms with Crippen molar-refractivity contribution in [3.63, 3.8) is 0 Å². The smallest absolute Gasteiger partial charge is 0.260 e. The lowest BCUT2D eigenvalue weighted by Gasteiger charge is -2.35. The van der Waals surface area contributed by atoms with Gasteiger partial charge in [0.1, 0.15) is 5.75 Å². The Kier molecular flexibility index (Phi) is 7.65. The molecular formula is C20H29ClN2O2S2. The van der Waals surface area contributed by atoms with E-state index in [1.807, 2.05) is 47.6 Å². The first-order valence-corrected chi connectivity index (χ1v) is 11.8. The van der Waals surface area contributed by atoms with Gasteiger partial charge in [0.25, 0.3) is 5.91 Å². The van der Waals surface area contributed by atoms with Crippen LogP contribution < -0.4 is 10.1 Å². The summed E-state index contributed by atoms with van der Waals surface area (Å²) in [4.78, 5) is 14.5. The van der Waals surface area contributed by atoms with E-state index < -0.39 is 0 Å². The Bertz CT molecular complexity index is 613. The summed E-state index contributed by atoms with van der Waals surface area (Å²) in [5.41, 5.74) is 1.35. The molecule has 3 aliphatic heterocycles. The van der Waals surface area contributed by atoms with Gasteiger partial charge in [-0.15, -0.1) is 35.9 Å². The van der Waals surface area contributed by atoms with Crippen LogP contribution in [0.4, 0.5) is 0 Å². The van der Waals surface area contributed by atoms with E-state index in [4.69, 9.17) is 4.74 Å². The van der Waals surface area contributed by atoms with Crippen molar-refractivity contribution in [2.24, 2.45) is 0 Å². The number of nitrogens with zero attached hydrogens (tertiary/aromatic N) is 1. The normalized spacial score (nSPS) is 27.7. The number of likely N-dealkylation sites (N-methyl/N-ethyl adjacent to an activating group) is 1. The van der Waals surface area contributed by atoms with E-state index in [0.717, 1.165) is 18.6 Å². The van der Waals surface area contributed by atoms with Gasteiger partial charge in [-0.05, 0) is 61.3 Å². The number of carbonyl (C=O) groups is 1. The topological polar surface area (TPSA) is 41.6 Å². The van der Waals surface area contributed by atoms with Gasteiger partial charge in [-0.1, -0.05) is 12.1 Å². The lowest BCUT2D eigenvalue weighted by atomic mass is 9.98. The predicted octanol–water partition coefficient (Wildman–Crippen LogP) is 4.10. The second kappa shape index (κ2) is 9.77. The zero-order valence-corrected chi connectivity index (χ0v) is 18.2. The average molecular weight is 429 g/mol. The van der Waals surface area contributed by atoms with E-state index in [1.54, 1.807) is 0 Å². The van der Waals surface area contributed by atoms with Gasteiger partial charge < -0.3 is 15.0 Å². The summed E-state index contributed by atoms with van der Waals surface area (Å²) < 4.78 is 6.31. The number of hydrogen-bond acceptors (Lipinski definition) is 5. The van der Waals surface area contributed by atoms with Gasteiger partial charge in [-0.3, -0.25) is 4.79 Å². The highest BCUT2D eigenvalue weighted by Gasteiger charge is 2.36. The maximum absolute atomic E-state index is 12.5. The van der Waals surface area contributed by atoms with E-state index >= 15 is 0 Å². The van der Waals surface area contributed by atoms with Crippen LogP contribution in [-0.4, -0.2) is 54.1 Å². The molecule has 3 aliphatic rings. The van der Waals surface area contributed by atoms with Crippen LogP contribution in [0.2, 0.25) is 0 Å². The number of fused-ring (bicyclic) bond motifs is 2. The van der Waals surface area contributed by atoms with Crippen LogP contribution in [0.15, 0.2) is 24.3 Å². The fourth-order valence-corrected chi connectivity index (χ4v) is 7.09. The first-order valence-electron chi connectivity index (χ1n) is 9.67. The van der Waals surface area contributed by atoms with E-state index in [0.29, 0.717) is 22.7 Å². The molecule has 0 spiro atoms. The zero-order chi connectivity index (χ0) is 17.9. The largest absolute Gasteiger partial charge is 0.484 e. The highest BCUT2D eigenvalue weighted by atomic mass is 35.5. The molecule has 2 atom stereocenters. The summed E-state index contributed by atoms with van der Waals surface area (Å²) in [6.45, 7) is 0.127. The molecule has 1 aromatic carbocycles. The molecule has 3 saturated heterocycles.